The van der Waals surface area contributed by atoms with Gasteiger partial charge in [-0.1, -0.05) is 92.7 Å². The van der Waals surface area contributed by atoms with E-state index in [-0.39, 0.29) is 28.7 Å². The maximum absolute atomic E-state index is 13.1. The summed E-state index contributed by atoms with van der Waals surface area (Å²) in [6, 6.07) is 44.0. The number of anilines is 2. The van der Waals surface area contributed by atoms with Crippen LogP contribution in [-0.2, 0) is 24.3 Å². The van der Waals surface area contributed by atoms with Crippen molar-refractivity contribution in [2.24, 2.45) is 5.41 Å². The van der Waals surface area contributed by atoms with Gasteiger partial charge in [-0.15, -0.1) is 0 Å². The predicted molar refractivity (Wildman–Crippen MR) is 219 cm³/mol. The Morgan fingerprint density at radius 2 is 1.04 bits per heavy atom. The molecule has 0 spiro atoms. The first-order chi connectivity index (χ1) is 27.5. The molecule has 57 heavy (non-hydrogen) atoms. The highest BCUT2D eigenvalue weighted by Crippen LogP contribution is 2.25. The maximum Gasteiger partial charge on any atom is 0.336 e. The van der Waals surface area contributed by atoms with Gasteiger partial charge in [0, 0.05) is 11.1 Å². The molecule has 10 nitrogen and oxygen atoms in total. The fourth-order valence-electron chi connectivity index (χ4n) is 6.05. The molecule has 4 N–H and O–H groups in total. The molecule has 6 rings (SSSR count). The molecule has 0 bridgehead atoms. The van der Waals surface area contributed by atoms with E-state index in [2.05, 4.69) is 10.8 Å². The maximum atomic E-state index is 13.1. The van der Waals surface area contributed by atoms with Crippen LogP contribution < -0.4 is 20.3 Å². The van der Waals surface area contributed by atoms with E-state index in [1.165, 1.54) is 0 Å². The number of ether oxygens (including phenoxy) is 2. The summed E-state index contributed by atoms with van der Waals surface area (Å²) in [6.07, 6.45) is 1.20. The summed E-state index contributed by atoms with van der Waals surface area (Å²) in [5, 5.41) is 22.4. The zero-order valence-electron chi connectivity index (χ0n) is 31.7. The molecule has 0 aliphatic rings. The molecule has 0 aliphatic carbocycles. The molecule has 1 amide bonds. The fourth-order valence-corrected chi connectivity index (χ4v) is 6.05. The Bertz CT molecular complexity index is 2290. The van der Waals surface area contributed by atoms with Gasteiger partial charge in [-0.3, -0.25) is 15.1 Å². The summed E-state index contributed by atoms with van der Waals surface area (Å²) in [5.74, 6) is -1.43. The SMILES string of the molecule is CC(C)(COc1ccc(NOCc2ccc(Cc3ccccc3)cc2C(=O)O)cc1)COc1ccc(NC(=O)c2ccc(Cc3ccccc3)cc2C(=O)O)cc1. The largest absolute Gasteiger partial charge is 0.493 e. The molecular weight excluding hydrogens is 721 g/mol. The third-order valence-corrected chi connectivity index (χ3v) is 9.11. The first kappa shape index (κ1) is 39.8. The molecule has 6 aromatic rings. The van der Waals surface area contributed by atoms with E-state index in [4.69, 9.17) is 14.3 Å². The number of benzene rings is 6. The van der Waals surface area contributed by atoms with E-state index < -0.39 is 17.8 Å². The third kappa shape index (κ3) is 11.5. The van der Waals surface area contributed by atoms with E-state index in [1.54, 1.807) is 54.6 Å². The number of carbonyl (C=O) groups excluding carboxylic acids is 1. The molecule has 0 radical (unpaired) electrons. The number of hydrogen-bond acceptors (Lipinski definition) is 7. The highest BCUT2D eigenvalue weighted by atomic mass is 16.6. The average Bonchev–Trinajstić information content (AvgIpc) is 3.21. The van der Waals surface area contributed by atoms with Crippen LogP contribution in [0.3, 0.4) is 0 Å². The van der Waals surface area contributed by atoms with Crippen molar-refractivity contribution in [3.8, 4) is 11.5 Å². The highest BCUT2D eigenvalue weighted by Gasteiger charge is 2.21. The van der Waals surface area contributed by atoms with Crippen molar-refractivity contribution in [1.82, 2.24) is 0 Å². The van der Waals surface area contributed by atoms with Crippen molar-refractivity contribution in [2.75, 3.05) is 24.0 Å². The minimum Gasteiger partial charge on any atom is -0.493 e. The van der Waals surface area contributed by atoms with Gasteiger partial charge in [-0.05, 0) is 107 Å². The lowest BCUT2D eigenvalue weighted by Gasteiger charge is -2.25. The normalized spacial score (nSPS) is 11.1. The van der Waals surface area contributed by atoms with Crippen LogP contribution in [0.25, 0.3) is 0 Å². The predicted octanol–water partition coefficient (Wildman–Crippen LogP) is 9.54. The van der Waals surface area contributed by atoms with Crippen molar-refractivity contribution in [1.29, 1.82) is 0 Å². The van der Waals surface area contributed by atoms with E-state index in [0.29, 0.717) is 54.5 Å². The van der Waals surface area contributed by atoms with Crippen molar-refractivity contribution < 1.29 is 38.9 Å². The summed E-state index contributed by atoms with van der Waals surface area (Å²) >= 11 is 0. The van der Waals surface area contributed by atoms with Gasteiger partial charge < -0.3 is 25.0 Å². The van der Waals surface area contributed by atoms with Crippen LogP contribution in [0, 0.1) is 5.41 Å². The first-order valence-corrected chi connectivity index (χ1v) is 18.5. The summed E-state index contributed by atoms with van der Waals surface area (Å²) in [4.78, 5) is 42.8. The Balaban J connectivity index is 0.941. The lowest BCUT2D eigenvalue weighted by atomic mass is 9.96. The molecule has 0 saturated carbocycles. The number of carboxylic acid groups (broad SMARTS) is 2. The standard InChI is InChI=1S/C47H44N2O8/c1-47(2,30-55-39-20-16-37(17-21-39)48-44(50)41-24-14-35(28-43(41)46(53)54)26-33-11-7-4-8-12-33)31-56-40-22-18-38(19-23-40)49-57-29-36-15-13-34(27-42(36)45(51)52)25-32-9-5-3-6-10-32/h3-24,27-28,49H,25-26,29-31H2,1-2H3,(H,48,50)(H,51,52)(H,53,54). The van der Waals surface area contributed by atoms with Gasteiger partial charge >= 0.3 is 11.9 Å². The second-order valence-electron chi connectivity index (χ2n) is 14.4. The van der Waals surface area contributed by atoms with Crippen LogP contribution in [0.2, 0.25) is 0 Å². The molecule has 0 saturated heterocycles. The van der Waals surface area contributed by atoms with Crippen molar-refractivity contribution in [2.45, 2.75) is 33.3 Å². The van der Waals surface area contributed by atoms with Gasteiger partial charge in [-0.25, -0.2) is 9.59 Å². The molecule has 0 unspecified atom stereocenters. The van der Waals surface area contributed by atoms with E-state index in [1.807, 2.05) is 105 Å². The van der Waals surface area contributed by atoms with Crippen LogP contribution in [0.15, 0.2) is 146 Å². The van der Waals surface area contributed by atoms with Crippen LogP contribution in [0.1, 0.15) is 72.7 Å². The number of amides is 1. The molecule has 10 heteroatoms. The molecule has 0 fully saturated rings. The third-order valence-electron chi connectivity index (χ3n) is 9.11. The minimum atomic E-state index is -1.17. The lowest BCUT2D eigenvalue weighted by molar-refractivity contribution is 0.0682. The Morgan fingerprint density at radius 1 is 0.544 bits per heavy atom. The molecule has 0 atom stereocenters. The van der Waals surface area contributed by atoms with Gasteiger partial charge in [0.25, 0.3) is 5.91 Å². The van der Waals surface area contributed by atoms with Gasteiger partial charge in [0.15, 0.2) is 0 Å². The zero-order valence-corrected chi connectivity index (χ0v) is 31.7. The Labute approximate surface area is 331 Å². The molecule has 0 heterocycles. The minimum absolute atomic E-state index is 0.0583. The topological polar surface area (TPSA) is 143 Å². The number of nitrogens with one attached hydrogen (secondary N) is 2. The molecular formula is C47H44N2O8. The molecule has 290 valence electrons. The molecule has 0 aliphatic heterocycles. The Hall–Kier alpha value is -6.91. The van der Waals surface area contributed by atoms with Crippen molar-refractivity contribution >= 4 is 29.2 Å². The Kier molecular flexibility index (Phi) is 13.0. The number of aromatic carboxylic acids is 2. The lowest BCUT2D eigenvalue weighted by Crippen LogP contribution is -2.28. The summed E-state index contributed by atoms with van der Waals surface area (Å²) in [7, 11) is 0. The van der Waals surface area contributed by atoms with Crippen molar-refractivity contribution in [3.05, 3.63) is 190 Å². The fraction of sp³-hybridized carbons (Fsp3) is 0.170. The Morgan fingerprint density at radius 3 is 1.56 bits per heavy atom. The van der Waals surface area contributed by atoms with E-state index >= 15 is 0 Å². The van der Waals surface area contributed by atoms with Gasteiger partial charge in [0.2, 0.25) is 0 Å². The van der Waals surface area contributed by atoms with Crippen LogP contribution in [0.4, 0.5) is 11.4 Å². The second kappa shape index (κ2) is 18.6. The van der Waals surface area contributed by atoms with Crippen LogP contribution in [0.5, 0.6) is 11.5 Å². The zero-order chi connectivity index (χ0) is 40.2. The van der Waals surface area contributed by atoms with Gasteiger partial charge in [0.1, 0.15) is 18.1 Å². The van der Waals surface area contributed by atoms with E-state index in [9.17, 15) is 24.6 Å². The van der Waals surface area contributed by atoms with Gasteiger partial charge in [-0.2, -0.15) is 0 Å². The quantitative estimate of drug-likeness (QED) is 0.0630. The molecule has 6 aromatic carbocycles. The number of rotatable bonds is 18. The average molecular weight is 765 g/mol. The first-order valence-electron chi connectivity index (χ1n) is 18.5. The van der Waals surface area contributed by atoms with E-state index in [0.717, 1.165) is 22.3 Å². The molecule has 0 aromatic heterocycles. The summed E-state index contributed by atoms with van der Waals surface area (Å²) in [6.45, 7) is 4.84. The number of carboxylic acids is 2. The summed E-state index contributed by atoms with van der Waals surface area (Å²) in [5.41, 5.74) is 8.35. The van der Waals surface area contributed by atoms with Gasteiger partial charge in [0.05, 0.1) is 35.6 Å². The summed E-state index contributed by atoms with van der Waals surface area (Å²) < 4.78 is 12.1. The highest BCUT2D eigenvalue weighted by molar-refractivity contribution is 6.10. The van der Waals surface area contributed by atoms with Crippen molar-refractivity contribution in [3.63, 3.8) is 0 Å². The van der Waals surface area contributed by atoms with Crippen LogP contribution >= 0.6 is 0 Å². The van der Waals surface area contributed by atoms with Crippen LogP contribution in [-0.4, -0.2) is 41.3 Å². The smallest absolute Gasteiger partial charge is 0.336 e. The monoisotopic (exact) mass is 764 g/mol. The number of hydrogen-bond donors (Lipinski definition) is 4. The number of carbonyl (C=O) groups is 3. The second-order valence-corrected chi connectivity index (χ2v) is 14.4.